The summed E-state index contributed by atoms with van der Waals surface area (Å²) in [5.74, 6) is 0.659. The molecule has 0 bridgehead atoms. The van der Waals surface area contributed by atoms with Crippen LogP contribution in [0.1, 0.15) is 12.8 Å². The summed E-state index contributed by atoms with van der Waals surface area (Å²) in [5, 5.41) is 6.72. The summed E-state index contributed by atoms with van der Waals surface area (Å²) < 4.78 is 4.82. The maximum absolute atomic E-state index is 5.42. The molecule has 12 heavy (non-hydrogen) atoms. The summed E-state index contributed by atoms with van der Waals surface area (Å²) in [6.45, 7) is 3.50. The van der Waals surface area contributed by atoms with E-state index in [4.69, 9.17) is 10.3 Å². The van der Waals surface area contributed by atoms with Gasteiger partial charge in [0, 0.05) is 25.6 Å². The molecular weight excluding hydrogens is 156 g/mol. The van der Waals surface area contributed by atoms with Crippen molar-refractivity contribution in [2.45, 2.75) is 19.4 Å². The van der Waals surface area contributed by atoms with Gasteiger partial charge in [-0.1, -0.05) is 5.16 Å². The second kappa shape index (κ2) is 4.84. The van der Waals surface area contributed by atoms with Crippen LogP contribution in [0.3, 0.4) is 0 Å². The van der Waals surface area contributed by atoms with E-state index in [9.17, 15) is 0 Å². The van der Waals surface area contributed by atoms with Crippen LogP contribution in [0.2, 0.25) is 0 Å². The zero-order valence-electron chi connectivity index (χ0n) is 7.16. The fraction of sp³-hybridized carbons (Fsp3) is 0.714. The van der Waals surface area contributed by atoms with Gasteiger partial charge in [-0.2, -0.15) is 4.98 Å². The number of nitrogens with one attached hydrogen (secondary N) is 1. The first-order chi connectivity index (χ1) is 5.83. The third-order valence-electron chi connectivity index (χ3n) is 1.59. The minimum absolute atomic E-state index is 0.341. The van der Waals surface area contributed by atoms with Gasteiger partial charge in [0.2, 0.25) is 5.89 Å². The van der Waals surface area contributed by atoms with Crippen LogP contribution in [0, 0.1) is 0 Å². The van der Waals surface area contributed by atoms with E-state index in [1.54, 1.807) is 0 Å². The molecule has 0 spiro atoms. The van der Waals surface area contributed by atoms with Crippen molar-refractivity contribution in [1.29, 1.82) is 0 Å². The number of nitrogens with two attached hydrogens (primary N) is 1. The Kier molecular flexibility index (Phi) is 3.69. The lowest BCUT2D eigenvalue weighted by molar-refractivity contribution is 0.372. The van der Waals surface area contributed by atoms with Crippen molar-refractivity contribution in [3.8, 4) is 0 Å². The van der Waals surface area contributed by atoms with Gasteiger partial charge >= 0.3 is 0 Å². The van der Waals surface area contributed by atoms with Gasteiger partial charge < -0.3 is 15.6 Å². The van der Waals surface area contributed by atoms with Gasteiger partial charge in [-0.3, -0.25) is 0 Å². The minimum atomic E-state index is 0.341. The van der Waals surface area contributed by atoms with Crippen LogP contribution in [0.15, 0.2) is 10.9 Å². The van der Waals surface area contributed by atoms with Crippen molar-refractivity contribution in [2.24, 2.45) is 5.73 Å². The second-order valence-electron chi connectivity index (χ2n) is 2.68. The normalized spacial score (nSPS) is 13.2. The highest BCUT2D eigenvalue weighted by atomic mass is 16.5. The third-order valence-corrected chi connectivity index (χ3v) is 1.59. The maximum Gasteiger partial charge on any atom is 0.227 e. The molecule has 1 rings (SSSR count). The van der Waals surface area contributed by atoms with Crippen molar-refractivity contribution in [3.05, 3.63) is 12.2 Å². The molecule has 0 aromatic carbocycles. The number of hydrogen-bond acceptors (Lipinski definition) is 5. The SMILES string of the molecule is CC(CN)NCCc1ncno1. The Morgan fingerprint density at radius 1 is 1.75 bits per heavy atom. The Bertz CT molecular complexity index is 199. The molecule has 1 heterocycles. The molecule has 0 saturated heterocycles. The molecule has 0 radical (unpaired) electrons. The fourth-order valence-electron chi connectivity index (χ4n) is 0.815. The van der Waals surface area contributed by atoms with Gasteiger partial charge in [-0.25, -0.2) is 0 Å². The first kappa shape index (κ1) is 9.15. The molecular formula is C7H14N4O. The van der Waals surface area contributed by atoms with Crippen LogP contribution < -0.4 is 11.1 Å². The third kappa shape index (κ3) is 2.98. The fourth-order valence-corrected chi connectivity index (χ4v) is 0.815. The van der Waals surface area contributed by atoms with Crippen LogP contribution in [-0.2, 0) is 6.42 Å². The Labute approximate surface area is 71.3 Å². The summed E-state index contributed by atoms with van der Waals surface area (Å²) in [6.07, 6.45) is 2.16. The van der Waals surface area contributed by atoms with Crippen molar-refractivity contribution in [2.75, 3.05) is 13.1 Å². The molecule has 0 aliphatic carbocycles. The van der Waals surface area contributed by atoms with Crippen LogP contribution in [0.5, 0.6) is 0 Å². The molecule has 1 atom stereocenters. The summed E-state index contributed by atoms with van der Waals surface area (Å²) >= 11 is 0. The molecule has 0 aliphatic rings. The average Bonchev–Trinajstić information content (AvgIpc) is 2.57. The average molecular weight is 170 g/mol. The number of hydrogen-bond donors (Lipinski definition) is 2. The maximum atomic E-state index is 5.42. The summed E-state index contributed by atoms with van der Waals surface area (Å²) in [4.78, 5) is 3.89. The summed E-state index contributed by atoms with van der Waals surface area (Å²) in [7, 11) is 0. The zero-order chi connectivity index (χ0) is 8.81. The molecule has 1 aromatic rings. The van der Waals surface area contributed by atoms with E-state index < -0.39 is 0 Å². The lowest BCUT2D eigenvalue weighted by Gasteiger charge is -2.08. The summed E-state index contributed by atoms with van der Waals surface area (Å²) in [5.41, 5.74) is 5.42. The van der Waals surface area contributed by atoms with Gasteiger partial charge in [0.25, 0.3) is 0 Å². The minimum Gasteiger partial charge on any atom is -0.340 e. The number of rotatable bonds is 5. The predicted octanol–water partition coefficient (Wildman–Crippen LogP) is -0.451. The van der Waals surface area contributed by atoms with E-state index in [2.05, 4.69) is 15.5 Å². The van der Waals surface area contributed by atoms with Gasteiger partial charge in [0.05, 0.1) is 0 Å². The quantitative estimate of drug-likeness (QED) is 0.625. The number of aromatic nitrogens is 2. The van der Waals surface area contributed by atoms with E-state index in [-0.39, 0.29) is 0 Å². The van der Waals surface area contributed by atoms with E-state index in [1.165, 1.54) is 6.33 Å². The van der Waals surface area contributed by atoms with Gasteiger partial charge in [0.1, 0.15) is 0 Å². The highest BCUT2D eigenvalue weighted by molar-refractivity contribution is 4.76. The highest BCUT2D eigenvalue weighted by Gasteiger charge is 2.00. The zero-order valence-corrected chi connectivity index (χ0v) is 7.16. The van der Waals surface area contributed by atoms with Gasteiger partial charge in [0.15, 0.2) is 6.33 Å². The molecule has 0 aliphatic heterocycles. The second-order valence-corrected chi connectivity index (χ2v) is 2.68. The summed E-state index contributed by atoms with van der Waals surface area (Å²) in [6, 6.07) is 0.341. The van der Waals surface area contributed by atoms with E-state index in [0.29, 0.717) is 18.5 Å². The van der Waals surface area contributed by atoms with Crippen LogP contribution in [0.25, 0.3) is 0 Å². The van der Waals surface area contributed by atoms with E-state index in [1.807, 2.05) is 6.92 Å². The highest BCUT2D eigenvalue weighted by Crippen LogP contribution is 1.90. The lowest BCUT2D eigenvalue weighted by atomic mass is 10.3. The monoisotopic (exact) mass is 170 g/mol. The Balaban J connectivity index is 2.11. The first-order valence-corrected chi connectivity index (χ1v) is 4.02. The Hall–Kier alpha value is -0.940. The molecule has 1 unspecified atom stereocenters. The molecule has 5 nitrogen and oxygen atoms in total. The largest absolute Gasteiger partial charge is 0.340 e. The van der Waals surface area contributed by atoms with Crippen molar-refractivity contribution >= 4 is 0 Å². The molecule has 68 valence electrons. The molecule has 0 fully saturated rings. The predicted molar refractivity (Wildman–Crippen MR) is 44.5 cm³/mol. The van der Waals surface area contributed by atoms with Crippen molar-refractivity contribution in [3.63, 3.8) is 0 Å². The standard InChI is InChI=1S/C7H14N4O/c1-6(4-8)9-3-2-7-10-5-11-12-7/h5-6,9H,2-4,8H2,1H3. The lowest BCUT2D eigenvalue weighted by Crippen LogP contribution is -2.34. The Morgan fingerprint density at radius 2 is 2.58 bits per heavy atom. The van der Waals surface area contributed by atoms with Crippen LogP contribution >= 0.6 is 0 Å². The van der Waals surface area contributed by atoms with Crippen molar-refractivity contribution in [1.82, 2.24) is 15.5 Å². The molecule has 0 saturated carbocycles. The Morgan fingerprint density at radius 3 is 3.17 bits per heavy atom. The van der Waals surface area contributed by atoms with E-state index in [0.717, 1.165) is 13.0 Å². The van der Waals surface area contributed by atoms with Crippen molar-refractivity contribution < 1.29 is 4.52 Å². The van der Waals surface area contributed by atoms with Crippen LogP contribution in [0.4, 0.5) is 0 Å². The van der Waals surface area contributed by atoms with E-state index >= 15 is 0 Å². The molecule has 3 N–H and O–H groups in total. The molecule has 5 heteroatoms. The van der Waals surface area contributed by atoms with Gasteiger partial charge in [-0.05, 0) is 6.92 Å². The van der Waals surface area contributed by atoms with Crippen LogP contribution in [-0.4, -0.2) is 29.3 Å². The smallest absolute Gasteiger partial charge is 0.227 e. The molecule has 1 aromatic heterocycles. The topological polar surface area (TPSA) is 77.0 Å². The first-order valence-electron chi connectivity index (χ1n) is 4.02. The van der Waals surface area contributed by atoms with Gasteiger partial charge in [-0.15, -0.1) is 0 Å². The number of nitrogens with zero attached hydrogens (tertiary/aromatic N) is 2. The molecule has 0 amide bonds.